The SMILES string of the molecule is COC(=O)c1c(NC(=O)CN(C)Cc2c(C)nn(C)c2C)sc(C)c1C. The van der Waals surface area contributed by atoms with Crippen LogP contribution in [0.5, 0.6) is 0 Å². The van der Waals surface area contributed by atoms with E-state index in [1.165, 1.54) is 18.4 Å². The molecule has 8 heteroatoms. The van der Waals surface area contributed by atoms with Gasteiger partial charge < -0.3 is 10.1 Å². The molecule has 0 aromatic carbocycles. The maximum atomic E-state index is 12.5. The summed E-state index contributed by atoms with van der Waals surface area (Å²) in [6, 6.07) is 0. The van der Waals surface area contributed by atoms with E-state index in [-0.39, 0.29) is 12.5 Å². The third-order valence-corrected chi connectivity index (χ3v) is 5.65. The third kappa shape index (κ3) is 4.13. The Balaban J connectivity index is 2.07. The monoisotopic (exact) mass is 378 g/mol. The summed E-state index contributed by atoms with van der Waals surface area (Å²) in [4.78, 5) is 27.4. The molecule has 0 spiro atoms. The molecule has 0 saturated heterocycles. The quantitative estimate of drug-likeness (QED) is 0.782. The molecule has 2 rings (SSSR count). The van der Waals surface area contributed by atoms with Crippen molar-refractivity contribution < 1.29 is 14.3 Å². The molecular weight excluding hydrogens is 352 g/mol. The highest BCUT2D eigenvalue weighted by atomic mass is 32.1. The number of carbonyl (C=O) groups is 2. The lowest BCUT2D eigenvalue weighted by atomic mass is 10.1. The lowest BCUT2D eigenvalue weighted by molar-refractivity contribution is -0.117. The molecule has 7 nitrogen and oxygen atoms in total. The molecule has 0 saturated carbocycles. The van der Waals surface area contributed by atoms with Gasteiger partial charge in [0.2, 0.25) is 5.91 Å². The maximum Gasteiger partial charge on any atom is 0.341 e. The second-order valence-corrected chi connectivity index (χ2v) is 7.70. The highest BCUT2D eigenvalue weighted by molar-refractivity contribution is 7.16. The van der Waals surface area contributed by atoms with Crippen LogP contribution in [0.2, 0.25) is 0 Å². The number of amides is 1. The zero-order chi connectivity index (χ0) is 19.6. The Bertz CT molecular complexity index is 838. The van der Waals surface area contributed by atoms with E-state index in [0.717, 1.165) is 27.4 Å². The number of hydrogen-bond acceptors (Lipinski definition) is 6. The number of thiophene rings is 1. The van der Waals surface area contributed by atoms with Crippen LogP contribution < -0.4 is 5.32 Å². The van der Waals surface area contributed by atoms with E-state index in [1.807, 2.05) is 51.4 Å². The number of aromatic nitrogens is 2. The van der Waals surface area contributed by atoms with E-state index < -0.39 is 5.97 Å². The summed E-state index contributed by atoms with van der Waals surface area (Å²) < 4.78 is 6.68. The van der Waals surface area contributed by atoms with Gasteiger partial charge in [-0.1, -0.05) is 0 Å². The predicted molar refractivity (Wildman–Crippen MR) is 103 cm³/mol. The van der Waals surface area contributed by atoms with Crippen LogP contribution in [0, 0.1) is 27.7 Å². The summed E-state index contributed by atoms with van der Waals surface area (Å²) in [5.41, 5.74) is 4.46. The fourth-order valence-electron chi connectivity index (χ4n) is 2.85. The van der Waals surface area contributed by atoms with E-state index in [4.69, 9.17) is 4.74 Å². The minimum absolute atomic E-state index is 0.168. The van der Waals surface area contributed by atoms with Gasteiger partial charge in [0.15, 0.2) is 0 Å². The minimum atomic E-state index is -0.433. The van der Waals surface area contributed by atoms with Gasteiger partial charge in [-0.25, -0.2) is 4.79 Å². The van der Waals surface area contributed by atoms with Crippen molar-refractivity contribution in [3.8, 4) is 0 Å². The number of esters is 1. The number of rotatable bonds is 6. The van der Waals surface area contributed by atoms with Crippen molar-refractivity contribution in [1.29, 1.82) is 0 Å². The average Bonchev–Trinajstić information content (AvgIpc) is 2.96. The molecule has 0 unspecified atom stereocenters. The molecule has 0 radical (unpaired) electrons. The largest absolute Gasteiger partial charge is 0.465 e. The molecule has 1 N–H and O–H groups in total. The Morgan fingerprint density at radius 3 is 2.46 bits per heavy atom. The molecule has 0 aliphatic rings. The average molecular weight is 378 g/mol. The molecule has 2 heterocycles. The molecule has 1 amide bonds. The smallest absolute Gasteiger partial charge is 0.341 e. The van der Waals surface area contributed by atoms with Crippen LogP contribution in [0.4, 0.5) is 5.00 Å². The number of likely N-dealkylation sites (N-methyl/N-ethyl adjacent to an activating group) is 1. The number of aryl methyl sites for hydroxylation is 3. The van der Waals surface area contributed by atoms with Gasteiger partial charge in [0.1, 0.15) is 5.00 Å². The van der Waals surface area contributed by atoms with Gasteiger partial charge in [-0.05, 0) is 40.3 Å². The van der Waals surface area contributed by atoms with E-state index in [9.17, 15) is 9.59 Å². The zero-order valence-electron chi connectivity index (χ0n) is 16.4. The zero-order valence-corrected chi connectivity index (χ0v) is 17.2. The van der Waals surface area contributed by atoms with Crippen LogP contribution in [-0.2, 0) is 23.1 Å². The summed E-state index contributed by atoms with van der Waals surface area (Å²) in [7, 11) is 5.14. The minimum Gasteiger partial charge on any atom is -0.465 e. The highest BCUT2D eigenvalue weighted by Gasteiger charge is 2.22. The summed E-state index contributed by atoms with van der Waals surface area (Å²) in [5.74, 6) is -0.602. The summed E-state index contributed by atoms with van der Waals surface area (Å²) in [6.45, 7) is 8.60. The van der Waals surface area contributed by atoms with Crippen molar-refractivity contribution in [1.82, 2.24) is 14.7 Å². The Morgan fingerprint density at radius 2 is 1.92 bits per heavy atom. The van der Waals surface area contributed by atoms with Crippen LogP contribution in [0.15, 0.2) is 0 Å². The van der Waals surface area contributed by atoms with E-state index in [0.29, 0.717) is 17.1 Å². The van der Waals surface area contributed by atoms with E-state index in [2.05, 4.69) is 10.4 Å². The van der Waals surface area contributed by atoms with Gasteiger partial charge in [0.25, 0.3) is 0 Å². The van der Waals surface area contributed by atoms with Crippen molar-refractivity contribution in [3.05, 3.63) is 33.0 Å². The standard InChI is InChI=1S/C18H26N4O3S/c1-10-13(4)26-17(16(10)18(24)25-7)19-15(23)9-21(5)8-14-11(2)20-22(6)12(14)3/h8-9H2,1-7H3,(H,19,23). The number of anilines is 1. The lowest BCUT2D eigenvalue weighted by Gasteiger charge is -2.16. The van der Waals surface area contributed by atoms with Crippen LogP contribution in [0.25, 0.3) is 0 Å². The van der Waals surface area contributed by atoms with Gasteiger partial charge >= 0.3 is 5.97 Å². The van der Waals surface area contributed by atoms with Crippen molar-refractivity contribution >= 4 is 28.2 Å². The second kappa shape index (κ2) is 8.01. The molecule has 2 aromatic heterocycles. The number of nitrogens with one attached hydrogen (secondary N) is 1. The predicted octanol–water partition coefficient (Wildman–Crippen LogP) is 2.57. The van der Waals surface area contributed by atoms with Crippen molar-refractivity contribution in [2.24, 2.45) is 7.05 Å². The summed E-state index contributed by atoms with van der Waals surface area (Å²) in [6.07, 6.45) is 0. The van der Waals surface area contributed by atoms with Gasteiger partial charge in [0, 0.05) is 29.7 Å². The fourth-order valence-corrected chi connectivity index (χ4v) is 3.91. The number of nitrogens with zero attached hydrogens (tertiary/aromatic N) is 3. The first-order chi connectivity index (χ1) is 12.1. The Hall–Kier alpha value is -2.19. The molecule has 26 heavy (non-hydrogen) atoms. The molecular formula is C18H26N4O3S. The first-order valence-electron chi connectivity index (χ1n) is 8.31. The van der Waals surface area contributed by atoms with Crippen molar-refractivity contribution in [2.75, 3.05) is 26.0 Å². The fraction of sp³-hybridized carbons (Fsp3) is 0.500. The Labute approximate surface area is 157 Å². The summed E-state index contributed by atoms with van der Waals surface area (Å²) in [5, 5.41) is 7.80. The van der Waals surface area contributed by atoms with E-state index >= 15 is 0 Å². The van der Waals surface area contributed by atoms with Gasteiger partial charge in [-0.3, -0.25) is 14.4 Å². The molecule has 0 atom stereocenters. The molecule has 2 aromatic rings. The van der Waals surface area contributed by atoms with E-state index in [1.54, 1.807) is 0 Å². The van der Waals surface area contributed by atoms with Crippen molar-refractivity contribution in [3.63, 3.8) is 0 Å². The summed E-state index contributed by atoms with van der Waals surface area (Å²) >= 11 is 1.39. The van der Waals surface area contributed by atoms with Crippen LogP contribution >= 0.6 is 11.3 Å². The lowest BCUT2D eigenvalue weighted by Crippen LogP contribution is -2.30. The highest BCUT2D eigenvalue weighted by Crippen LogP contribution is 2.32. The van der Waals surface area contributed by atoms with Crippen molar-refractivity contribution in [2.45, 2.75) is 34.2 Å². The molecule has 0 fully saturated rings. The first-order valence-corrected chi connectivity index (χ1v) is 9.13. The Kier molecular flexibility index (Phi) is 6.20. The number of methoxy groups -OCH3 is 1. The number of ether oxygens (including phenoxy) is 1. The Morgan fingerprint density at radius 1 is 1.27 bits per heavy atom. The van der Waals surface area contributed by atoms with Gasteiger partial charge in [-0.2, -0.15) is 5.10 Å². The third-order valence-electron chi connectivity index (χ3n) is 4.53. The normalized spacial score (nSPS) is 11.1. The molecule has 142 valence electrons. The van der Waals surface area contributed by atoms with Gasteiger partial charge in [-0.15, -0.1) is 11.3 Å². The first kappa shape index (κ1) is 20.1. The van der Waals surface area contributed by atoms with Gasteiger partial charge in [0.05, 0.1) is 24.9 Å². The molecule has 0 aliphatic heterocycles. The van der Waals surface area contributed by atoms with Crippen LogP contribution in [0.1, 0.15) is 37.7 Å². The second-order valence-electron chi connectivity index (χ2n) is 6.47. The molecule has 0 bridgehead atoms. The van der Waals surface area contributed by atoms with Crippen LogP contribution in [-0.4, -0.2) is 47.3 Å². The van der Waals surface area contributed by atoms with Crippen LogP contribution in [0.3, 0.4) is 0 Å². The number of carbonyl (C=O) groups excluding carboxylic acids is 2. The maximum absolute atomic E-state index is 12.5. The number of hydrogen-bond donors (Lipinski definition) is 1. The molecule has 0 aliphatic carbocycles. The topological polar surface area (TPSA) is 76.5 Å².